The number of hydrogen-bond donors (Lipinski definition) is 1. The summed E-state index contributed by atoms with van der Waals surface area (Å²) in [6, 6.07) is 4.89. The maximum absolute atomic E-state index is 10.6. The molecule has 4 heteroatoms. The van der Waals surface area contributed by atoms with E-state index in [2.05, 4.69) is 12.2 Å². The second kappa shape index (κ2) is 3.73. The number of rotatable bonds is 2. The Morgan fingerprint density at radius 2 is 2.33 bits per heavy atom. The van der Waals surface area contributed by atoms with Gasteiger partial charge in [0.05, 0.1) is 4.92 Å². The lowest BCUT2D eigenvalue weighted by Crippen LogP contribution is -2.10. The molecule has 1 aromatic carbocycles. The van der Waals surface area contributed by atoms with Gasteiger partial charge in [0.2, 0.25) is 0 Å². The molecule has 0 aromatic heterocycles. The second-order valence-electron chi connectivity index (χ2n) is 3.54. The van der Waals surface area contributed by atoms with Gasteiger partial charge in [-0.1, -0.05) is 18.6 Å². The number of fused-ring (bicyclic) bond motifs is 1. The third kappa shape index (κ3) is 1.83. The Balaban J connectivity index is 2.44. The Morgan fingerprint density at radius 3 is 3.00 bits per heavy atom. The fourth-order valence-electron chi connectivity index (χ4n) is 1.65. The fraction of sp³-hybridized carbons (Fsp3) is 0.273. The maximum Gasteiger partial charge on any atom is 0.270 e. The molecular formula is C11H12N2O2. The zero-order valence-electron chi connectivity index (χ0n) is 8.49. The smallest absolute Gasteiger partial charge is 0.270 e. The van der Waals surface area contributed by atoms with E-state index in [-0.39, 0.29) is 10.6 Å². The van der Waals surface area contributed by atoms with Crippen LogP contribution in [0.2, 0.25) is 0 Å². The van der Waals surface area contributed by atoms with Crippen molar-refractivity contribution in [3.63, 3.8) is 0 Å². The van der Waals surface area contributed by atoms with Gasteiger partial charge in [-0.05, 0) is 12.5 Å². The van der Waals surface area contributed by atoms with Crippen molar-refractivity contribution in [3.8, 4) is 0 Å². The Morgan fingerprint density at radius 1 is 1.53 bits per heavy atom. The summed E-state index contributed by atoms with van der Waals surface area (Å²) in [5, 5.41) is 13.8. The van der Waals surface area contributed by atoms with Crippen molar-refractivity contribution in [1.29, 1.82) is 0 Å². The predicted octanol–water partition coefficient (Wildman–Crippen LogP) is 2.81. The SMILES string of the molecule is CCC1=Cc2cc([N+](=O)[O-])ccc2NC1. The van der Waals surface area contributed by atoms with Crippen molar-refractivity contribution < 1.29 is 4.92 Å². The number of nitro groups is 1. The molecule has 1 aromatic rings. The minimum atomic E-state index is -0.367. The third-order valence-electron chi connectivity index (χ3n) is 2.57. The topological polar surface area (TPSA) is 55.2 Å². The van der Waals surface area contributed by atoms with E-state index in [1.165, 1.54) is 11.6 Å². The Hall–Kier alpha value is -1.84. The summed E-state index contributed by atoms with van der Waals surface area (Å²) in [5.74, 6) is 0. The molecule has 78 valence electrons. The van der Waals surface area contributed by atoms with Gasteiger partial charge in [0.15, 0.2) is 0 Å². The average molecular weight is 204 g/mol. The molecular weight excluding hydrogens is 192 g/mol. The van der Waals surface area contributed by atoms with Crippen LogP contribution in [0.3, 0.4) is 0 Å². The van der Waals surface area contributed by atoms with E-state index < -0.39 is 0 Å². The lowest BCUT2D eigenvalue weighted by molar-refractivity contribution is -0.384. The van der Waals surface area contributed by atoms with Crippen LogP contribution in [-0.4, -0.2) is 11.5 Å². The van der Waals surface area contributed by atoms with Crippen LogP contribution in [0.25, 0.3) is 6.08 Å². The number of nitro benzene ring substituents is 1. The molecule has 1 heterocycles. The number of benzene rings is 1. The van der Waals surface area contributed by atoms with Gasteiger partial charge in [0.25, 0.3) is 5.69 Å². The zero-order chi connectivity index (χ0) is 10.8. The zero-order valence-corrected chi connectivity index (χ0v) is 8.49. The van der Waals surface area contributed by atoms with E-state index in [9.17, 15) is 10.1 Å². The first-order valence-electron chi connectivity index (χ1n) is 4.92. The summed E-state index contributed by atoms with van der Waals surface area (Å²) >= 11 is 0. The molecule has 0 saturated carbocycles. The molecule has 0 amide bonds. The molecule has 2 rings (SSSR count). The van der Waals surface area contributed by atoms with Gasteiger partial charge in [-0.15, -0.1) is 0 Å². The Labute approximate surface area is 87.8 Å². The van der Waals surface area contributed by atoms with Gasteiger partial charge < -0.3 is 5.32 Å². The van der Waals surface area contributed by atoms with Crippen molar-refractivity contribution in [3.05, 3.63) is 39.4 Å². The van der Waals surface area contributed by atoms with Crippen LogP contribution in [0.4, 0.5) is 11.4 Å². The van der Waals surface area contributed by atoms with Crippen LogP contribution in [0, 0.1) is 10.1 Å². The number of hydrogen-bond acceptors (Lipinski definition) is 3. The highest BCUT2D eigenvalue weighted by atomic mass is 16.6. The first kappa shape index (κ1) is 9.71. The predicted molar refractivity (Wildman–Crippen MR) is 59.9 cm³/mol. The van der Waals surface area contributed by atoms with Crippen LogP contribution < -0.4 is 5.32 Å². The van der Waals surface area contributed by atoms with E-state index in [1.54, 1.807) is 12.1 Å². The van der Waals surface area contributed by atoms with Gasteiger partial charge in [-0.25, -0.2) is 0 Å². The largest absolute Gasteiger partial charge is 0.381 e. The first-order chi connectivity index (χ1) is 7.20. The summed E-state index contributed by atoms with van der Waals surface area (Å²) in [7, 11) is 0. The average Bonchev–Trinajstić information content (AvgIpc) is 2.27. The maximum atomic E-state index is 10.6. The van der Waals surface area contributed by atoms with Gasteiger partial charge in [0.1, 0.15) is 0 Å². The molecule has 0 fully saturated rings. The molecule has 1 aliphatic heterocycles. The molecule has 0 atom stereocenters. The highest BCUT2D eigenvalue weighted by Gasteiger charge is 2.12. The Kier molecular flexibility index (Phi) is 2.41. The van der Waals surface area contributed by atoms with Crippen molar-refractivity contribution >= 4 is 17.5 Å². The van der Waals surface area contributed by atoms with Crippen molar-refractivity contribution in [2.75, 3.05) is 11.9 Å². The van der Waals surface area contributed by atoms with Gasteiger partial charge in [-0.3, -0.25) is 10.1 Å². The molecule has 1 aliphatic rings. The van der Waals surface area contributed by atoms with E-state index in [1.807, 2.05) is 6.08 Å². The fourth-order valence-corrected chi connectivity index (χ4v) is 1.65. The molecule has 0 bridgehead atoms. The van der Waals surface area contributed by atoms with E-state index in [0.717, 1.165) is 24.2 Å². The number of non-ortho nitro benzene ring substituents is 1. The summed E-state index contributed by atoms with van der Waals surface area (Å²) < 4.78 is 0. The van der Waals surface area contributed by atoms with Gasteiger partial charge in [-0.2, -0.15) is 0 Å². The lowest BCUT2D eigenvalue weighted by atomic mass is 10.0. The van der Waals surface area contributed by atoms with Crippen molar-refractivity contribution in [2.45, 2.75) is 13.3 Å². The minimum absolute atomic E-state index is 0.143. The highest BCUT2D eigenvalue weighted by Crippen LogP contribution is 2.28. The summed E-state index contributed by atoms with van der Waals surface area (Å²) in [4.78, 5) is 10.2. The van der Waals surface area contributed by atoms with Crippen LogP contribution in [0.5, 0.6) is 0 Å². The van der Waals surface area contributed by atoms with E-state index >= 15 is 0 Å². The summed E-state index contributed by atoms with van der Waals surface area (Å²) in [6.45, 7) is 2.91. The number of anilines is 1. The van der Waals surface area contributed by atoms with Crippen molar-refractivity contribution in [2.24, 2.45) is 0 Å². The lowest BCUT2D eigenvalue weighted by Gasteiger charge is -2.17. The second-order valence-corrected chi connectivity index (χ2v) is 3.54. The molecule has 0 spiro atoms. The third-order valence-corrected chi connectivity index (χ3v) is 2.57. The summed E-state index contributed by atoms with van der Waals surface area (Å²) in [5.41, 5.74) is 3.29. The number of nitrogens with zero attached hydrogens (tertiary/aromatic N) is 1. The van der Waals surface area contributed by atoms with Crippen LogP contribution in [-0.2, 0) is 0 Å². The van der Waals surface area contributed by atoms with Crippen molar-refractivity contribution in [1.82, 2.24) is 0 Å². The first-order valence-corrected chi connectivity index (χ1v) is 4.92. The monoisotopic (exact) mass is 204 g/mol. The molecule has 0 unspecified atom stereocenters. The van der Waals surface area contributed by atoms with Crippen LogP contribution in [0.1, 0.15) is 18.9 Å². The summed E-state index contributed by atoms with van der Waals surface area (Å²) in [6.07, 6.45) is 2.99. The number of nitrogens with one attached hydrogen (secondary N) is 1. The minimum Gasteiger partial charge on any atom is -0.381 e. The molecule has 0 radical (unpaired) electrons. The molecule has 15 heavy (non-hydrogen) atoms. The Bertz CT molecular complexity index is 438. The standard InChI is InChI=1S/C11H12N2O2/c1-2-8-5-9-6-10(13(14)15)3-4-11(9)12-7-8/h3-6,12H,2,7H2,1H3. The molecule has 4 nitrogen and oxygen atoms in total. The van der Waals surface area contributed by atoms with E-state index in [0.29, 0.717) is 0 Å². The van der Waals surface area contributed by atoms with Crippen LogP contribution >= 0.6 is 0 Å². The normalized spacial score (nSPS) is 13.8. The molecule has 1 N–H and O–H groups in total. The molecule has 0 saturated heterocycles. The van der Waals surface area contributed by atoms with Gasteiger partial charge in [0, 0.05) is 29.9 Å². The quantitative estimate of drug-likeness (QED) is 0.595. The highest BCUT2D eigenvalue weighted by molar-refractivity contribution is 5.74. The molecule has 0 aliphatic carbocycles. The van der Waals surface area contributed by atoms with Crippen LogP contribution in [0.15, 0.2) is 23.8 Å². The van der Waals surface area contributed by atoms with Gasteiger partial charge >= 0.3 is 0 Å². The van der Waals surface area contributed by atoms with E-state index in [4.69, 9.17) is 0 Å².